The minimum absolute atomic E-state index is 0.0967. The molecule has 1 saturated carbocycles. The maximum Gasteiger partial charge on any atom is 0.228 e. The Morgan fingerprint density at radius 1 is 1.08 bits per heavy atom. The molecular formula is C19H18Cl2N2O2. The van der Waals surface area contributed by atoms with Crippen LogP contribution in [0.25, 0.3) is 0 Å². The van der Waals surface area contributed by atoms with Crippen LogP contribution < -0.4 is 10.6 Å². The number of hydrogen-bond donors (Lipinski definition) is 2. The zero-order valence-electron chi connectivity index (χ0n) is 13.7. The van der Waals surface area contributed by atoms with Gasteiger partial charge in [-0.25, -0.2) is 0 Å². The Morgan fingerprint density at radius 3 is 2.56 bits per heavy atom. The van der Waals surface area contributed by atoms with Gasteiger partial charge < -0.3 is 10.6 Å². The lowest BCUT2D eigenvalue weighted by Crippen LogP contribution is -2.27. The summed E-state index contributed by atoms with van der Waals surface area (Å²) in [7, 11) is 0. The Morgan fingerprint density at radius 2 is 1.80 bits per heavy atom. The summed E-state index contributed by atoms with van der Waals surface area (Å²) < 4.78 is 0. The van der Waals surface area contributed by atoms with Crippen LogP contribution in [0.15, 0.2) is 42.5 Å². The van der Waals surface area contributed by atoms with Gasteiger partial charge in [-0.1, -0.05) is 47.5 Å². The predicted octanol–water partition coefficient (Wildman–Crippen LogP) is 4.19. The van der Waals surface area contributed by atoms with Crippen LogP contribution in [0.2, 0.25) is 10.0 Å². The number of hydrogen-bond acceptors (Lipinski definition) is 2. The maximum absolute atomic E-state index is 12.3. The summed E-state index contributed by atoms with van der Waals surface area (Å²) in [5, 5.41) is 6.55. The molecule has 2 unspecified atom stereocenters. The summed E-state index contributed by atoms with van der Waals surface area (Å²) >= 11 is 12.0. The molecule has 6 heteroatoms. The van der Waals surface area contributed by atoms with E-state index in [9.17, 15) is 9.59 Å². The van der Waals surface area contributed by atoms with Crippen LogP contribution in [0.4, 0.5) is 5.69 Å². The highest BCUT2D eigenvalue weighted by atomic mass is 35.5. The molecule has 4 nitrogen and oxygen atoms in total. The van der Waals surface area contributed by atoms with Crippen molar-refractivity contribution in [2.45, 2.75) is 19.9 Å². The third-order valence-electron chi connectivity index (χ3n) is 4.36. The first-order chi connectivity index (χ1) is 12.0. The normalized spacial score (nSPS) is 18.5. The predicted molar refractivity (Wildman–Crippen MR) is 99.7 cm³/mol. The number of rotatable bonds is 5. The van der Waals surface area contributed by atoms with Gasteiger partial charge in [0.05, 0.1) is 22.5 Å². The van der Waals surface area contributed by atoms with Crippen molar-refractivity contribution in [3.05, 3.63) is 63.6 Å². The second-order valence-electron chi connectivity index (χ2n) is 6.21. The van der Waals surface area contributed by atoms with Crippen molar-refractivity contribution < 1.29 is 9.59 Å². The van der Waals surface area contributed by atoms with Crippen LogP contribution in [0.1, 0.15) is 17.5 Å². The van der Waals surface area contributed by atoms with Crippen molar-refractivity contribution in [2.75, 3.05) is 5.32 Å². The average Bonchev–Trinajstić information content (AvgIpc) is 3.38. The Bertz CT molecular complexity index is 823. The number of halogens is 2. The van der Waals surface area contributed by atoms with Crippen LogP contribution in [0, 0.1) is 18.8 Å². The highest BCUT2D eigenvalue weighted by Crippen LogP contribution is 2.40. The summed E-state index contributed by atoms with van der Waals surface area (Å²) in [5.41, 5.74) is 2.66. The molecule has 0 aromatic heterocycles. The first-order valence-corrected chi connectivity index (χ1v) is 8.79. The number of nitrogens with one attached hydrogen (secondary N) is 2. The lowest BCUT2D eigenvalue weighted by atomic mass is 10.1. The maximum atomic E-state index is 12.3. The zero-order chi connectivity index (χ0) is 18.0. The fraction of sp³-hybridized carbons (Fsp3) is 0.263. The Hall–Kier alpha value is -2.04. The summed E-state index contributed by atoms with van der Waals surface area (Å²) in [5.74, 6) is -0.922. The van der Waals surface area contributed by atoms with Crippen molar-refractivity contribution in [1.29, 1.82) is 0 Å². The molecule has 0 aliphatic heterocycles. The molecule has 0 bridgehead atoms. The Kier molecular flexibility index (Phi) is 5.30. The molecule has 2 aromatic carbocycles. The van der Waals surface area contributed by atoms with E-state index in [-0.39, 0.29) is 23.7 Å². The van der Waals surface area contributed by atoms with Gasteiger partial charge in [0.1, 0.15) is 0 Å². The van der Waals surface area contributed by atoms with Gasteiger partial charge in [0.15, 0.2) is 0 Å². The SMILES string of the molecule is Cc1ccccc1CNC(=O)C1CC1C(=O)Nc1cc(Cl)ccc1Cl. The van der Waals surface area contributed by atoms with Gasteiger partial charge in [-0.05, 0) is 42.7 Å². The minimum atomic E-state index is -0.327. The second-order valence-corrected chi connectivity index (χ2v) is 7.05. The molecule has 0 heterocycles. The third-order valence-corrected chi connectivity index (χ3v) is 4.93. The van der Waals surface area contributed by atoms with Crippen molar-refractivity contribution in [1.82, 2.24) is 5.32 Å². The molecule has 2 N–H and O–H groups in total. The average molecular weight is 377 g/mol. The van der Waals surface area contributed by atoms with Gasteiger partial charge in [0.25, 0.3) is 0 Å². The molecule has 1 aliphatic carbocycles. The lowest BCUT2D eigenvalue weighted by molar-refractivity contribution is -0.125. The molecule has 130 valence electrons. The fourth-order valence-corrected chi connectivity index (χ4v) is 3.05. The Labute approximate surface area is 156 Å². The Balaban J connectivity index is 1.53. The summed E-state index contributed by atoms with van der Waals surface area (Å²) in [6, 6.07) is 12.8. The highest BCUT2D eigenvalue weighted by molar-refractivity contribution is 6.35. The molecule has 2 amide bonds. The zero-order valence-corrected chi connectivity index (χ0v) is 15.2. The summed E-state index contributed by atoms with van der Waals surface area (Å²) in [6.45, 7) is 2.47. The number of benzene rings is 2. The molecule has 0 saturated heterocycles. The van der Waals surface area contributed by atoms with Crippen LogP contribution in [-0.2, 0) is 16.1 Å². The van der Waals surface area contributed by atoms with E-state index >= 15 is 0 Å². The molecule has 25 heavy (non-hydrogen) atoms. The van der Waals surface area contributed by atoms with Crippen LogP contribution in [0.3, 0.4) is 0 Å². The monoisotopic (exact) mass is 376 g/mol. The van der Waals surface area contributed by atoms with Crippen LogP contribution >= 0.6 is 23.2 Å². The standard InChI is InChI=1S/C19H18Cl2N2O2/c1-11-4-2-3-5-12(11)10-22-18(24)14-9-15(14)19(25)23-17-8-13(20)6-7-16(17)21/h2-8,14-15H,9-10H2,1H3,(H,22,24)(H,23,25). The summed E-state index contributed by atoms with van der Waals surface area (Å²) in [6.07, 6.45) is 0.545. The van der Waals surface area contributed by atoms with E-state index in [1.54, 1.807) is 18.2 Å². The summed E-state index contributed by atoms with van der Waals surface area (Å²) in [4.78, 5) is 24.5. The van der Waals surface area contributed by atoms with E-state index in [1.807, 2.05) is 31.2 Å². The third kappa shape index (κ3) is 4.33. The molecule has 0 radical (unpaired) electrons. The molecule has 3 rings (SSSR count). The topological polar surface area (TPSA) is 58.2 Å². The van der Waals surface area contributed by atoms with Crippen LogP contribution in [0.5, 0.6) is 0 Å². The van der Waals surface area contributed by atoms with Gasteiger partial charge in [-0.2, -0.15) is 0 Å². The van der Waals surface area contributed by atoms with Gasteiger partial charge in [-0.15, -0.1) is 0 Å². The molecule has 2 aromatic rings. The number of carbonyl (C=O) groups excluding carboxylic acids is 2. The van der Waals surface area contributed by atoms with E-state index < -0.39 is 0 Å². The van der Waals surface area contributed by atoms with Crippen molar-refractivity contribution in [3.63, 3.8) is 0 Å². The highest BCUT2D eigenvalue weighted by Gasteiger charge is 2.48. The second kappa shape index (κ2) is 7.46. The van der Waals surface area contributed by atoms with Gasteiger partial charge in [0.2, 0.25) is 11.8 Å². The van der Waals surface area contributed by atoms with E-state index in [4.69, 9.17) is 23.2 Å². The molecule has 0 spiro atoms. The number of anilines is 1. The van der Waals surface area contributed by atoms with Gasteiger partial charge in [0, 0.05) is 11.6 Å². The van der Waals surface area contributed by atoms with Gasteiger partial charge in [-0.3, -0.25) is 9.59 Å². The van der Waals surface area contributed by atoms with E-state index in [0.717, 1.165) is 11.1 Å². The first kappa shape index (κ1) is 17.8. The minimum Gasteiger partial charge on any atom is -0.352 e. The largest absolute Gasteiger partial charge is 0.352 e. The number of amides is 2. The molecular weight excluding hydrogens is 359 g/mol. The number of carbonyl (C=O) groups is 2. The van der Waals surface area contributed by atoms with Crippen molar-refractivity contribution >= 4 is 40.7 Å². The smallest absolute Gasteiger partial charge is 0.228 e. The van der Waals surface area contributed by atoms with E-state index in [2.05, 4.69) is 10.6 Å². The van der Waals surface area contributed by atoms with Crippen molar-refractivity contribution in [3.8, 4) is 0 Å². The quantitative estimate of drug-likeness (QED) is 0.821. The molecule has 1 aliphatic rings. The fourth-order valence-electron chi connectivity index (χ4n) is 2.72. The van der Waals surface area contributed by atoms with Gasteiger partial charge >= 0.3 is 0 Å². The van der Waals surface area contributed by atoms with Crippen molar-refractivity contribution in [2.24, 2.45) is 11.8 Å². The molecule has 1 fully saturated rings. The molecule has 2 atom stereocenters. The van der Waals surface area contributed by atoms with E-state index in [0.29, 0.717) is 28.7 Å². The lowest BCUT2D eigenvalue weighted by Gasteiger charge is -2.09. The van der Waals surface area contributed by atoms with E-state index in [1.165, 1.54) is 0 Å². The number of aryl methyl sites for hydroxylation is 1. The first-order valence-electron chi connectivity index (χ1n) is 8.04. The van der Waals surface area contributed by atoms with Crippen LogP contribution in [-0.4, -0.2) is 11.8 Å².